The highest BCUT2D eigenvalue weighted by Gasteiger charge is 2.28. The molecule has 0 bridgehead atoms. The number of nitrogens with one attached hydrogen (secondary N) is 4. The van der Waals surface area contributed by atoms with E-state index in [1.807, 2.05) is 24.3 Å². The number of halogens is 1. The zero-order valence-electron chi connectivity index (χ0n) is 12.3. The molecule has 7 nitrogen and oxygen atoms in total. The van der Waals surface area contributed by atoms with Crippen molar-refractivity contribution in [3.63, 3.8) is 0 Å². The number of aromatic amines is 1. The number of carbonyl (C=O) groups is 3. The van der Waals surface area contributed by atoms with E-state index < -0.39 is 17.1 Å². The average molecular weight is 409 g/mol. The number of hydrazine groups is 1. The van der Waals surface area contributed by atoms with Crippen LogP contribution in [0.25, 0.3) is 0 Å². The van der Waals surface area contributed by atoms with Crippen LogP contribution < -0.4 is 16.2 Å². The first-order valence-corrected chi connectivity index (χ1v) is 8.70. The molecule has 1 aromatic carbocycles. The zero-order valence-corrected chi connectivity index (χ0v) is 14.7. The van der Waals surface area contributed by atoms with Crippen LogP contribution in [0.15, 0.2) is 45.9 Å². The van der Waals surface area contributed by atoms with Crippen LogP contribution in [0.2, 0.25) is 0 Å². The number of fused-ring (bicyclic) bond motifs is 1. The molecule has 0 fully saturated rings. The summed E-state index contributed by atoms with van der Waals surface area (Å²) in [7, 11) is 0. The minimum atomic E-state index is -0.545. The van der Waals surface area contributed by atoms with Crippen LogP contribution in [0.1, 0.15) is 16.9 Å². The molecule has 2 aromatic rings. The first-order chi connectivity index (χ1) is 11.5. The maximum atomic E-state index is 12.0. The van der Waals surface area contributed by atoms with E-state index in [1.165, 1.54) is 11.8 Å². The Hall–Kier alpha value is -2.26. The lowest BCUT2D eigenvalue weighted by atomic mass is 10.2. The van der Waals surface area contributed by atoms with Crippen LogP contribution in [0.4, 0.5) is 5.69 Å². The number of amides is 3. The van der Waals surface area contributed by atoms with Gasteiger partial charge < -0.3 is 10.3 Å². The largest absolute Gasteiger partial charge is 0.356 e. The highest BCUT2D eigenvalue weighted by atomic mass is 79.9. The summed E-state index contributed by atoms with van der Waals surface area (Å²) in [5.74, 6) is -1.14. The Bertz CT molecular complexity index is 808. The quantitative estimate of drug-likeness (QED) is 0.583. The Morgan fingerprint density at radius 2 is 2.04 bits per heavy atom. The predicted octanol–water partition coefficient (Wildman–Crippen LogP) is 2.04. The Morgan fingerprint density at radius 3 is 2.79 bits per heavy atom. The van der Waals surface area contributed by atoms with Crippen LogP contribution in [0.5, 0.6) is 0 Å². The summed E-state index contributed by atoms with van der Waals surface area (Å²) >= 11 is 4.55. The number of benzene rings is 1. The fourth-order valence-electron chi connectivity index (χ4n) is 2.14. The smallest absolute Gasteiger partial charge is 0.286 e. The highest BCUT2D eigenvalue weighted by Crippen LogP contribution is 2.36. The van der Waals surface area contributed by atoms with Gasteiger partial charge in [-0.1, -0.05) is 12.1 Å². The molecule has 24 heavy (non-hydrogen) atoms. The standard InChI is InChI=1S/C15H13BrN4O3S/c16-8-5-10(17-7-8)14(22)20-19-13(21)6-12-15(23)18-9-3-1-2-4-11(9)24-12/h1-5,7,12,17H,6H2,(H,18,23)(H,19,21)(H,20,22)/t12-/m1/s1. The Labute approximate surface area is 150 Å². The summed E-state index contributed by atoms with van der Waals surface area (Å²) < 4.78 is 0.730. The van der Waals surface area contributed by atoms with Gasteiger partial charge in [-0.05, 0) is 34.1 Å². The number of carbonyl (C=O) groups excluding carboxylic acids is 3. The van der Waals surface area contributed by atoms with Crippen molar-refractivity contribution >= 4 is 51.1 Å². The van der Waals surface area contributed by atoms with Gasteiger partial charge in [0.2, 0.25) is 11.8 Å². The van der Waals surface area contributed by atoms with Gasteiger partial charge in [-0.2, -0.15) is 0 Å². The van der Waals surface area contributed by atoms with Gasteiger partial charge in [0.05, 0.1) is 10.9 Å². The van der Waals surface area contributed by atoms with Gasteiger partial charge in [0.1, 0.15) is 5.69 Å². The van der Waals surface area contributed by atoms with Crippen LogP contribution in [-0.4, -0.2) is 28.0 Å². The van der Waals surface area contributed by atoms with Crippen LogP contribution in [0.3, 0.4) is 0 Å². The molecule has 1 aliphatic rings. The number of hydrogen-bond donors (Lipinski definition) is 4. The number of para-hydroxylation sites is 1. The monoisotopic (exact) mass is 408 g/mol. The Morgan fingerprint density at radius 1 is 1.25 bits per heavy atom. The van der Waals surface area contributed by atoms with Gasteiger partial charge in [0.25, 0.3) is 5.91 Å². The zero-order chi connectivity index (χ0) is 17.1. The fourth-order valence-corrected chi connectivity index (χ4v) is 3.59. The van der Waals surface area contributed by atoms with E-state index in [0.29, 0.717) is 5.69 Å². The molecule has 0 unspecified atom stereocenters. The van der Waals surface area contributed by atoms with Crippen LogP contribution >= 0.6 is 27.7 Å². The third-order valence-electron chi connectivity index (χ3n) is 3.29. The maximum absolute atomic E-state index is 12.0. The number of aromatic nitrogens is 1. The third-order valence-corrected chi connectivity index (χ3v) is 5.02. The van der Waals surface area contributed by atoms with Crippen molar-refractivity contribution in [3.8, 4) is 0 Å². The van der Waals surface area contributed by atoms with Crippen molar-refractivity contribution < 1.29 is 14.4 Å². The summed E-state index contributed by atoms with van der Waals surface area (Å²) in [4.78, 5) is 39.5. The molecular weight excluding hydrogens is 396 g/mol. The van der Waals surface area contributed by atoms with Crippen LogP contribution in [0, 0.1) is 0 Å². The van der Waals surface area contributed by atoms with Crippen molar-refractivity contribution in [2.75, 3.05) is 5.32 Å². The van der Waals surface area contributed by atoms with E-state index in [-0.39, 0.29) is 12.3 Å². The molecule has 2 heterocycles. The normalized spacial score (nSPS) is 16.0. The molecular formula is C15H13BrN4O3S. The number of rotatable bonds is 3. The van der Waals surface area contributed by atoms with Crippen molar-refractivity contribution in [2.24, 2.45) is 0 Å². The Balaban J connectivity index is 1.54. The molecule has 3 rings (SSSR count). The lowest BCUT2D eigenvalue weighted by Gasteiger charge is -2.23. The number of thioether (sulfide) groups is 1. The molecule has 0 saturated carbocycles. The van der Waals surface area contributed by atoms with Crippen LogP contribution in [-0.2, 0) is 9.59 Å². The lowest BCUT2D eigenvalue weighted by Crippen LogP contribution is -2.44. The summed E-state index contributed by atoms with van der Waals surface area (Å²) in [5, 5.41) is 2.23. The highest BCUT2D eigenvalue weighted by molar-refractivity contribution is 9.10. The topological polar surface area (TPSA) is 103 Å². The van der Waals surface area contributed by atoms with E-state index in [1.54, 1.807) is 12.3 Å². The van der Waals surface area contributed by atoms with Gasteiger partial charge >= 0.3 is 0 Å². The van der Waals surface area contributed by atoms with Gasteiger partial charge in [-0.15, -0.1) is 11.8 Å². The molecule has 0 spiro atoms. The second-order valence-corrected chi connectivity index (χ2v) is 7.19. The average Bonchev–Trinajstić information content (AvgIpc) is 3.00. The molecule has 1 aromatic heterocycles. The molecule has 124 valence electrons. The van der Waals surface area contributed by atoms with E-state index >= 15 is 0 Å². The molecule has 4 N–H and O–H groups in total. The molecule has 0 aliphatic carbocycles. The van der Waals surface area contributed by atoms with Crippen molar-refractivity contribution in [1.82, 2.24) is 15.8 Å². The predicted molar refractivity (Wildman–Crippen MR) is 93.4 cm³/mol. The first-order valence-electron chi connectivity index (χ1n) is 7.02. The van der Waals surface area contributed by atoms with Gasteiger partial charge in [0, 0.05) is 22.0 Å². The Kier molecular flexibility index (Phi) is 4.91. The van der Waals surface area contributed by atoms with E-state index in [0.717, 1.165) is 15.1 Å². The second kappa shape index (κ2) is 7.10. The SMILES string of the molecule is O=C(C[C@H]1Sc2ccccc2NC1=O)NNC(=O)c1cc(Br)c[nH]1. The minimum absolute atomic E-state index is 0.0421. The van der Waals surface area contributed by atoms with Gasteiger partial charge in [-0.3, -0.25) is 25.2 Å². The molecule has 3 amide bonds. The van der Waals surface area contributed by atoms with Crippen molar-refractivity contribution in [3.05, 3.63) is 46.7 Å². The number of H-pyrrole nitrogens is 1. The van der Waals surface area contributed by atoms with E-state index in [9.17, 15) is 14.4 Å². The minimum Gasteiger partial charge on any atom is -0.356 e. The van der Waals surface area contributed by atoms with Crippen molar-refractivity contribution in [2.45, 2.75) is 16.6 Å². The third kappa shape index (κ3) is 3.80. The molecule has 0 saturated heterocycles. The number of hydrogen-bond acceptors (Lipinski definition) is 4. The van der Waals surface area contributed by atoms with E-state index in [4.69, 9.17) is 0 Å². The fraction of sp³-hybridized carbons (Fsp3) is 0.133. The first kappa shape index (κ1) is 16.6. The van der Waals surface area contributed by atoms with Gasteiger partial charge in [-0.25, -0.2) is 0 Å². The molecule has 9 heteroatoms. The van der Waals surface area contributed by atoms with E-state index in [2.05, 4.69) is 37.1 Å². The molecule has 1 aliphatic heterocycles. The lowest BCUT2D eigenvalue weighted by molar-refractivity contribution is -0.124. The second-order valence-electron chi connectivity index (χ2n) is 5.03. The maximum Gasteiger partial charge on any atom is 0.286 e. The summed E-state index contributed by atoms with van der Waals surface area (Å²) in [6, 6.07) is 8.99. The number of anilines is 1. The summed E-state index contributed by atoms with van der Waals surface area (Å²) in [6.07, 6.45) is 1.57. The summed E-state index contributed by atoms with van der Waals surface area (Å²) in [5.41, 5.74) is 5.67. The molecule has 1 atom stereocenters. The van der Waals surface area contributed by atoms with Crippen molar-refractivity contribution in [1.29, 1.82) is 0 Å². The van der Waals surface area contributed by atoms with Gasteiger partial charge in [0.15, 0.2) is 0 Å². The summed E-state index contributed by atoms with van der Waals surface area (Å²) in [6.45, 7) is 0. The molecule has 0 radical (unpaired) electrons.